The predicted molar refractivity (Wildman–Crippen MR) is 55.5 cm³/mol. The Labute approximate surface area is 100 Å². The molecule has 1 heterocycles. The van der Waals surface area contributed by atoms with Crippen LogP contribution in [0.15, 0.2) is 30.0 Å². The molecule has 2 rings (SSSR count). The molecule has 1 aromatic carbocycles. The molecular weight excluding hydrogens is 246 g/mol. The van der Waals surface area contributed by atoms with Crippen molar-refractivity contribution in [3.8, 4) is 0 Å². The zero-order valence-corrected chi connectivity index (χ0v) is 9.24. The van der Waals surface area contributed by atoms with E-state index in [4.69, 9.17) is 9.84 Å². The molecule has 1 unspecified atom stereocenters. The lowest BCUT2D eigenvalue weighted by molar-refractivity contribution is -0.141. The molecule has 1 atom stereocenters. The van der Waals surface area contributed by atoms with Gasteiger partial charge in [-0.25, -0.2) is 13.6 Å². The van der Waals surface area contributed by atoms with E-state index >= 15 is 0 Å². The summed E-state index contributed by atoms with van der Waals surface area (Å²) in [5.41, 5.74) is -1.58. The van der Waals surface area contributed by atoms with Crippen LogP contribution in [0.1, 0.15) is 12.5 Å². The van der Waals surface area contributed by atoms with Gasteiger partial charge in [0.15, 0.2) is 17.2 Å². The Kier molecular flexibility index (Phi) is 2.65. The Hall–Kier alpha value is -2.24. The molecule has 0 bridgehead atoms. The maximum atomic E-state index is 13.1. The summed E-state index contributed by atoms with van der Waals surface area (Å²) in [6, 6.07) is 2.84. The minimum atomic E-state index is -1.64. The molecular formula is C12H8F2O4. The number of carbonyl (C=O) groups excluding carboxylic acids is 1. The van der Waals surface area contributed by atoms with Crippen molar-refractivity contribution in [3.05, 3.63) is 47.2 Å². The van der Waals surface area contributed by atoms with E-state index in [1.54, 1.807) is 0 Å². The van der Waals surface area contributed by atoms with Gasteiger partial charge in [0.05, 0.1) is 0 Å². The molecule has 4 nitrogen and oxygen atoms in total. The average molecular weight is 254 g/mol. The SMILES string of the molecule is CC1(c2ccc(F)c(F)c2)OC(C(=O)O)=CC1=O. The van der Waals surface area contributed by atoms with Crippen molar-refractivity contribution in [2.24, 2.45) is 0 Å². The molecule has 0 fully saturated rings. The van der Waals surface area contributed by atoms with Gasteiger partial charge in [0.25, 0.3) is 0 Å². The van der Waals surface area contributed by atoms with Crippen molar-refractivity contribution in [1.82, 2.24) is 0 Å². The number of rotatable bonds is 2. The number of carboxylic acids is 1. The highest BCUT2D eigenvalue weighted by molar-refractivity contribution is 6.05. The van der Waals surface area contributed by atoms with E-state index in [9.17, 15) is 18.4 Å². The van der Waals surface area contributed by atoms with Crippen LogP contribution in [0, 0.1) is 11.6 Å². The molecule has 0 saturated heterocycles. The van der Waals surface area contributed by atoms with Crippen molar-refractivity contribution >= 4 is 11.8 Å². The lowest BCUT2D eigenvalue weighted by Crippen LogP contribution is -2.30. The number of hydrogen-bond acceptors (Lipinski definition) is 3. The van der Waals surface area contributed by atoms with Crippen molar-refractivity contribution in [3.63, 3.8) is 0 Å². The number of halogens is 2. The van der Waals surface area contributed by atoms with Gasteiger partial charge in [0.2, 0.25) is 11.5 Å². The van der Waals surface area contributed by atoms with Gasteiger partial charge in [-0.2, -0.15) is 0 Å². The van der Waals surface area contributed by atoms with Gasteiger partial charge < -0.3 is 9.84 Å². The first-order chi connectivity index (χ1) is 8.34. The smallest absolute Gasteiger partial charge is 0.371 e. The van der Waals surface area contributed by atoms with E-state index in [1.807, 2.05) is 0 Å². The van der Waals surface area contributed by atoms with Crippen LogP contribution < -0.4 is 0 Å². The summed E-state index contributed by atoms with van der Waals surface area (Å²) in [5.74, 6) is -4.74. The van der Waals surface area contributed by atoms with Crippen molar-refractivity contribution in [2.45, 2.75) is 12.5 Å². The monoisotopic (exact) mass is 254 g/mol. The highest BCUT2D eigenvalue weighted by Crippen LogP contribution is 2.35. The molecule has 0 aromatic heterocycles. The molecule has 1 aliphatic heterocycles. The molecule has 1 N–H and O–H groups in total. The van der Waals surface area contributed by atoms with Crippen LogP contribution >= 0.6 is 0 Å². The van der Waals surface area contributed by atoms with E-state index in [0.29, 0.717) is 0 Å². The van der Waals surface area contributed by atoms with Gasteiger partial charge in [-0.1, -0.05) is 6.07 Å². The number of carbonyl (C=O) groups is 2. The van der Waals surface area contributed by atoms with Crippen molar-refractivity contribution in [2.75, 3.05) is 0 Å². The van der Waals surface area contributed by atoms with Gasteiger partial charge in [-0.15, -0.1) is 0 Å². The van der Waals surface area contributed by atoms with E-state index in [0.717, 1.165) is 18.2 Å². The van der Waals surface area contributed by atoms with Crippen LogP contribution in [0.5, 0.6) is 0 Å². The largest absolute Gasteiger partial charge is 0.475 e. The normalized spacial score (nSPS) is 22.6. The summed E-state index contributed by atoms with van der Waals surface area (Å²) in [6.07, 6.45) is 0.823. The summed E-state index contributed by atoms with van der Waals surface area (Å²) in [4.78, 5) is 22.4. The van der Waals surface area contributed by atoms with Crippen LogP contribution in [-0.2, 0) is 19.9 Å². The third-order valence-electron chi connectivity index (χ3n) is 2.73. The molecule has 0 spiro atoms. The van der Waals surface area contributed by atoms with E-state index in [1.165, 1.54) is 13.0 Å². The first-order valence-corrected chi connectivity index (χ1v) is 4.98. The summed E-state index contributed by atoms with van der Waals surface area (Å²) < 4.78 is 30.9. The van der Waals surface area contributed by atoms with Crippen LogP contribution in [0.25, 0.3) is 0 Å². The standard InChI is InChI=1S/C12H8F2O4/c1-12(6-2-3-7(13)8(14)4-6)10(15)5-9(18-12)11(16)17/h2-5H,1H3,(H,16,17). The Morgan fingerprint density at radius 3 is 2.50 bits per heavy atom. The van der Waals surface area contributed by atoms with Crippen LogP contribution in [-0.4, -0.2) is 16.9 Å². The second-order valence-electron chi connectivity index (χ2n) is 3.94. The summed E-state index contributed by atoms with van der Waals surface area (Å²) in [6.45, 7) is 1.30. The molecule has 0 saturated carbocycles. The molecule has 0 aliphatic carbocycles. The van der Waals surface area contributed by atoms with Gasteiger partial charge in [0, 0.05) is 11.6 Å². The van der Waals surface area contributed by atoms with Gasteiger partial charge in [0.1, 0.15) is 0 Å². The molecule has 94 valence electrons. The molecule has 0 radical (unpaired) electrons. The number of hydrogen-bond donors (Lipinski definition) is 1. The van der Waals surface area contributed by atoms with E-state index in [2.05, 4.69) is 0 Å². The molecule has 0 amide bonds. The molecule has 18 heavy (non-hydrogen) atoms. The Morgan fingerprint density at radius 1 is 1.33 bits per heavy atom. The maximum Gasteiger partial charge on any atom is 0.371 e. The van der Waals surface area contributed by atoms with Crippen molar-refractivity contribution in [1.29, 1.82) is 0 Å². The van der Waals surface area contributed by atoms with E-state index in [-0.39, 0.29) is 5.56 Å². The molecule has 6 heteroatoms. The number of aliphatic carboxylic acids is 1. The summed E-state index contributed by atoms with van der Waals surface area (Å²) in [5, 5.41) is 8.73. The van der Waals surface area contributed by atoms with Crippen molar-refractivity contribution < 1.29 is 28.2 Å². The highest BCUT2D eigenvalue weighted by Gasteiger charge is 2.44. The first-order valence-electron chi connectivity index (χ1n) is 4.98. The number of benzene rings is 1. The third-order valence-corrected chi connectivity index (χ3v) is 2.73. The summed E-state index contributed by atoms with van der Waals surface area (Å²) in [7, 11) is 0. The maximum absolute atomic E-state index is 13.1. The summed E-state index contributed by atoms with van der Waals surface area (Å²) >= 11 is 0. The third kappa shape index (κ3) is 1.75. The number of ether oxygens (including phenoxy) is 1. The Bertz CT molecular complexity index is 579. The van der Waals surface area contributed by atoms with Gasteiger partial charge in [-0.3, -0.25) is 4.79 Å². The second kappa shape index (κ2) is 3.90. The topological polar surface area (TPSA) is 63.6 Å². The zero-order valence-electron chi connectivity index (χ0n) is 9.24. The average Bonchev–Trinajstić information content (AvgIpc) is 2.61. The lowest BCUT2D eigenvalue weighted by atomic mass is 9.92. The predicted octanol–water partition coefficient (Wildman–Crippen LogP) is 1.75. The number of carboxylic acid groups (broad SMARTS) is 1. The zero-order chi connectivity index (χ0) is 13.5. The first kappa shape index (κ1) is 12.2. The minimum Gasteiger partial charge on any atom is -0.475 e. The minimum absolute atomic E-state index is 0.0545. The fourth-order valence-electron chi connectivity index (χ4n) is 1.66. The molecule has 1 aliphatic rings. The Balaban J connectivity index is 2.42. The fraction of sp³-hybridized carbons (Fsp3) is 0.167. The van der Waals surface area contributed by atoms with Gasteiger partial charge >= 0.3 is 5.97 Å². The number of ketones is 1. The fourth-order valence-corrected chi connectivity index (χ4v) is 1.66. The lowest BCUT2D eigenvalue weighted by Gasteiger charge is -2.23. The molecule has 1 aromatic rings. The van der Waals surface area contributed by atoms with E-state index < -0.39 is 34.7 Å². The second-order valence-corrected chi connectivity index (χ2v) is 3.94. The van der Waals surface area contributed by atoms with Crippen LogP contribution in [0.2, 0.25) is 0 Å². The Morgan fingerprint density at radius 2 is 2.00 bits per heavy atom. The quantitative estimate of drug-likeness (QED) is 0.873. The van der Waals surface area contributed by atoms with Crippen LogP contribution in [0.4, 0.5) is 8.78 Å². The van der Waals surface area contributed by atoms with Crippen LogP contribution in [0.3, 0.4) is 0 Å². The highest BCUT2D eigenvalue weighted by atomic mass is 19.2. The van der Waals surface area contributed by atoms with Gasteiger partial charge in [-0.05, 0) is 19.1 Å².